The van der Waals surface area contributed by atoms with E-state index in [2.05, 4.69) is 15.9 Å². The van der Waals surface area contributed by atoms with Gasteiger partial charge in [-0.1, -0.05) is 15.9 Å². The van der Waals surface area contributed by atoms with Crippen molar-refractivity contribution in [3.05, 3.63) is 46.4 Å². The lowest BCUT2D eigenvalue weighted by Gasteiger charge is -2.12. The summed E-state index contributed by atoms with van der Waals surface area (Å²) in [6.07, 6.45) is 0. The van der Waals surface area contributed by atoms with Crippen LogP contribution in [0.3, 0.4) is 0 Å². The van der Waals surface area contributed by atoms with Crippen LogP contribution < -0.4 is 14.2 Å². The van der Waals surface area contributed by atoms with E-state index in [1.165, 1.54) is 0 Å². The molecule has 0 fully saturated rings. The second-order valence-electron chi connectivity index (χ2n) is 4.04. The Bertz CT molecular complexity index is 579. The van der Waals surface area contributed by atoms with E-state index in [1.807, 2.05) is 18.2 Å². The third kappa shape index (κ3) is 3.58. The van der Waals surface area contributed by atoms with Crippen molar-refractivity contribution in [3.8, 4) is 23.0 Å². The van der Waals surface area contributed by atoms with Gasteiger partial charge in [-0.2, -0.15) is 0 Å². The Balaban J connectivity index is 2.34. The van der Waals surface area contributed by atoms with Crippen LogP contribution in [0.4, 0.5) is 0 Å². The van der Waals surface area contributed by atoms with Gasteiger partial charge in [-0.25, -0.2) is 0 Å². The van der Waals surface area contributed by atoms with Crippen LogP contribution in [0.5, 0.6) is 23.0 Å². The summed E-state index contributed by atoms with van der Waals surface area (Å²) in [6, 6.07) is 11.1. The van der Waals surface area contributed by atoms with Gasteiger partial charge in [-0.05, 0) is 18.2 Å². The van der Waals surface area contributed by atoms with Gasteiger partial charge in [0.25, 0.3) is 0 Å². The SMILES string of the molecule is COc1cc(OC)cc(Oc2ccc(Br)cc2CCl)c1. The van der Waals surface area contributed by atoms with Crippen molar-refractivity contribution in [1.29, 1.82) is 0 Å². The van der Waals surface area contributed by atoms with Crippen LogP contribution in [0, 0.1) is 0 Å². The number of halogens is 2. The summed E-state index contributed by atoms with van der Waals surface area (Å²) < 4.78 is 17.3. The number of methoxy groups -OCH3 is 2. The first-order chi connectivity index (χ1) is 9.66. The average Bonchev–Trinajstić information content (AvgIpc) is 2.48. The molecule has 0 aliphatic carbocycles. The fraction of sp³-hybridized carbons (Fsp3) is 0.200. The quantitative estimate of drug-likeness (QED) is 0.705. The monoisotopic (exact) mass is 356 g/mol. The fourth-order valence-electron chi connectivity index (χ4n) is 1.72. The topological polar surface area (TPSA) is 27.7 Å². The van der Waals surface area contributed by atoms with E-state index in [0.717, 1.165) is 10.0 Å². The predicted octanol–water partition coefficient (Wildman–Crippen LogP) is 5.00. The summed E-state index contributed by atoms with van der Waals surface area (Å²) in [4.78, 5) is 0. The van der Waals surface area contributed by atoms with Crippen LogP contribution in [0.1, 0.15) is 5.56 Å². The summed E-state index contributed by atoms with van der Waals surface area (Å²) in [6.45, 7) is 0. The summed E-state index contributed by atoms with van der Waals surface area (Å²) in [7, 11) is 3.20. The number of hydrogen-bond acceptors (Lipinski definition) is 3. The minimum absolute atomic E-state index is 0.371. The molecule has 0 aliphatic heterocycles. The number of alkyl halides is 1. The molecule has 20 heavy (non-hydrogen) atoms. The molecule has 0 saturated heterocycles. The van der Waals surface area contributed by atoms with Gasteiger partial charge < -0.3 is 14.2 Å². The first kappa shape index (κ1) is 15.0. The fourth-order valence-corrected chi connectivity index (χ4v) is 2.34. The molecule has 0 atom stereocenters. The second kappa shape index (κ2) is 6.86. The van der Waals surface area contributed by atoms with Gasteiger partial charge in [0, 0.05) is 28.2 Å². The van der Waals surface area contributed by atoms with Gasteiger partial charge >= 0.3 is 0 Å². The Kier molecular flexibility index (Phi) is 5.15. The van der Waals surface area contributed by atoms with E-state index >= 15 is 0 Å². The average molecular weight is 358 g/mol. The van der Waals surface area contributed by atoms with E-state index < -0.39 is 0 Å². The summed E-state index contributed by atoms with van der Waals surface area (Å²) in [5, 5.41) is 0. The Labute approximate surface area is 131 Å². The van der Waals surface area contributed by atoms with Crippen LogP contribution in [-0.4, -0.2) is 14.2 Å². The zero-order valence-electron chi connectivity index (χ0n) is 11.2. The Morgan fingerprint density at radius 3 is 2.10 bits per heavy atom. The molecule has 2 aromatic carbocycles. The Hall–Kier alpha value is -1.39. The molecular formula is C15H14BrClO3. The summed E-state index contributed by atoms with van der Waals surface area (Å²) >= 11 is 9.35. The molecule has 0 radical (unpaired) electrons. The highest BCUT2D eigenvalue weighted by atomic mass is 79.9. The zero-order chi connectivity index (χ0) is 14.5. The van der Waals surface area contributed by atoms with Crippen molar-refractivity contribution in [2.45, 2.75) is 5.88 Å². The Morgan fingerprint density at radius 1 is 0.950 bits per heavy atom. The molecule has 0 amide bonds. The molecule has 0 saturated carbocycles. The molecule has 0 aromatic heterocycles. The number of rotatable bonds is 5. The third-order valence-corrected chi connectivity index (χ3v) is 3.50. The maximum Gasteiger partial charge on any atom is 0.134 e. The predicted molar refractivity (Wildman–Crippen MR) is 83.3 cm³/mol. The molecule has 0 bridgehead atoms. The van der Waals surface area contributed by atoms with E-state index in [4.69, 9.17) is 25.8 Å². The van der Waals surface area contributed by atoms with Crippen molar-refractivity contribution in [3.63, 3.8) is 0 Å². The number of ether oxygens (including phenoxy) is 3. The van der Waals surface area contributed by atoms with Crippen molar-refractivity contribution in [2.75, 3.05) is 14.2 Å². The van der Waals surface area contributed by atoms with Crippen LogP contribution in [0.25, 0.3) is 0 Å². The molecule has 5 heteroatoms. The van der Waals surface area contributed by atoms with Crippen molar-refractivity contribution >= 4 is 27.5 Å². The largest absolute Gasteiger partial charge is 0.496 e. The maximum absolute atomic E-state index is 5.94. The smallest absolute Gasteiger partial charge is 0.134 e. The lowest BCUT2D eigenvalue weighted by atomic mass is 10.2. The minimum atomic E-state index is 0.371. The van der Waals surface area contributed by atoms with Crippen LogP contribution in [0.2, 0.25) is 0 Å². The molecule has 0 N–H and O–H groups in total. The molecule has 0 spiro atoms. The van der Waals surface area contributed by atoms with Crippen molar-refractivity contribution in [2.24, 2.45) is 0 Å². The highest BCUT2D eigenvalue weighted by Crippen LogP contribution is 2.33. The lowest BCUT2D eigenvalue weighted by molar-refractivity contribution is 0.386. The maximum atomic E-state index is 5.94. The van der Waals surface area contributed by atoms with E-state index in [1.54, 1.807) is 32.4 Å². The van der Waals surface area contributed by atoms with Crippen molar-refractivity contribution in [1.82, 2.24) is 0 Å². The molecule has 106 valence electrons. The van der Waals surface area contributed by atoms with E-state index in [9.17, 15) is 0 Å². The summed E-state index contributed by atoms with van der Waals surface area (Å²) in [5.41, 5.74) is 0.905. The molecule has 2 aromatic rings. The summed E-state index contributed by atoms with van der Waals surface area (Å²) in [5.74, 6) is 3.05. The zero-order valence-corrected chi connectivity index (χ0v) is 13.5. The minimum Gasteiger partial charge on any atom is -0.496 e. The van der Waals surface area contributed by atoms with Crippen LogP contribution >= 0.6 is 27.5 Å². The van der Waals surface area contributed by atoms with Gasteiger partial charge in [-0.15, -0.1) is 11.6 Å². The first-order valence-corrected chi connectivity index (χ1v) is 7.24. The highest BCUT2D eigenvalue weighted by molar-refractivity contribution is 9.10. The number of hydrogen-bond donors (Lipinski definition) is 0. The molecule has 0 aliphatic rings. The standard InChI is InChI=1S/C15H14BrClO3/c1-18-12-6-13(19-2)8-14(7-12)20-15-4-3-11(16)5-10(15)9-17/h3-8H,9H2,1-2H3. The molecule has 3 nitrogen and oxygen atoms in total. The van der Waals surface area contributed by atoms with Gasteiger partial charge in [0.15, 0.2) is 0 Å². The molecule has 2 rings (SSSR count). The van der Waals surface area contributed by atoms with Gasteiger partial charge in [-0.3, -0.25) is 0 Å². The molecular weight excluding hydrogens is 344 g/mol. The molecule has 0 unspecified atom stereocenters. The highest BCUT2D eigenvalue weighted by Gasteiger charge is 2.08. The normalized spacial score (nSPS) is 10.2. The lowest BCUT2D eigenvalue weighted by Crippen LogP contribution is -1.92. The van der Waals surface area contributed by atoms with E-state index in [0.29, 0.717) is 28.9 Å². The number of benzene rings is 2. The molecule has 0 heterocycles. The Morgan fingerprint density at radius 2 is 1.55 bits per heavy atom. The third-order valence-electron chi connectivity index (χ3n) is 2.72. The van der Waals surface area contributed by atoms with Crippen molar-refractivity contribution < 1.29 is 14.2 Å². The second-order valence-corrected chi connectivity index (χ2v) is 5.22. The van der Waals surface area contributed by atoms with Crippen LogP contribution in [0.15, 0.2) is 40.9 Å². The van der Waals surface area contributed by atoms with Gasteiger partial charge in [0.2, 0.25) is 0 Å². The van der Waals surface area contributed by atoms with Crippen LogP contribution in [-0.2, 0) is 5.88 Å². The van der Waals surface area contributed by atoms with E-state index in [-0.39, 0.29) is 0 Å². The first-order valence-electron chi connectivity index (χ1n) is 5.91. The van der Waals surface area contributed by atoms with Gasteiger partial charge in [0.05, 0.1) is 20.1 Å². The van der Waals surface area contributed by atoms with Gasteiger partial charge in [0.1, 0.15) is 23.0 Å².